The molecule has 0 spiro atoms. The molecule has 0 radical (unpaired) electrons. The summed E-state index contributed by atoms with van der Waals surface area (Å²) >= 11 is 0. The van der Waals surface area contributed by atoms with Crippen LogP contribution in [0.25, 0.3) is 54.6 Å². The Kier molecular flexibility index (Phi) is 9.38. The van der Waals surface area contributed by atoms with Crippen molar-refractivity contribution in [3.63, 3.8) is 0 Å². The van der Waals surface area contributed by atoms with Crippen molar-refractivity contribution in [1.29, 1.82) is 0 Å². The predicted molar refractivity (Wildman–Crippen MR) is 287 cm³/mol. The van der Waals surface area contributed by atoms with Crippen molar-refractivity contribution in [1.82, 2.24) is 0 Å². The molecule has 0 amide bonds. The number of nitrogens with zero attached hydrogens (tertiary/aromatic N) is 2. The molecule has 11 aromatic carbocycles. The van der Waals surface area contributed by atoms with Gasteiger partial charge in [-0.3, -0.25) is 0 Å². The van der Waals surface area contributed by atoms with E-state index in [-0.39, 0.29) is 0 Å². The lowest BCUT2D eigenvalue weighted by molar-refractivity contribution is 0.669. The first-order chi connectivity index (χ1) is 33.5. The quantitative estimate of drug-likeness (QED) is 0.142. The molecule has 12 aromatic rings. The number of aryl methyl sites for hydroxylation is 2. The number of para-hydroxylation sites is 3. The molecule has 1 aliphatic rings. The van der Waals surface area contributed by atoms with E-state index in [1.54, 1.807) is 0 Å². The molecular formula is C64H46N2OS. The monoisotopic (exact) mass is 890 g/mol. The molecule has 324 valence electrons. The van der Waals surface area contributed by atoms with Gasteiger partial charge in [0.15, 0.2) is 0 Å². The van der Waals surface area contributed by atoms with Gasteiger partial charge in [0.1, 0.15) is 11.2 Å². The molecule has 13 rings (SSSR count). The highest BCUT2D eigenvalue weighted by Gasteiger charge is 2.43. The van der Waals surface area contributed by atoms with Crippen molar-refractivity contribution in [3.8, 4) is 11.1 Å². The molecule has 0 N–H and O–H groups in total. The lowest BCUT2D eigenvalue weighted by Crippen LogP contribution is -2.11. The molecule has 0 unspecified atom stereocenters. The van der Waals surface area contributed by atoms with Crippen LogP contribution in [-0.4, -0.2) is 0 Å². The fourth-order valence-corrected chi connectivity index (χ4v) is 14.8. The molecule has 4 heteroatoms. The topological polar surface area (TPSA) is 19.6 Å². The second-order valence-electron chi connectivity index (χ2n) is 17.9. The minimum atomic E-state index is -2.05. The fourth-order valence-electron chi connectivity index (χ4n) is 10.6. The lowest BCUT2D eigenvalue weighted by atomic mass is 9.98. The fraction of sp³-hybridized carbons (Fsp3) is 0.0312. The van der Waals surface area contributed by atoms with Crippen molar-refractivity contribution in [3.05, 3.63) is 254 Å². The number of fused-ring (bicyclic) bond motifs is 9. The Labute approximate surface area is 398 Å². The normalized spacial score (nSPS) is 13.1. The maximum absolute atomic E-state index is 6.43. The molecule has 1 aliphatic heterocycles. The second kappa shape index (κ2) is 15.9. The van der Waals surface area contributed by atoms with Crippen molar-refractivity contribution in [2.45, 2.75) is 33.4 Å². The maximum Gasteiger partial charge on any atom is 0.135 e. The second-order valence-corrected chi connectivity index (χ2v) is 20.9. The summed E-state index contributed by atoms with van der Waals surface area (Å²) in [5.74, 6) is 0. The lowest BCUT2D eigenvalue weighted by Gasteiger charge is -2.40. The van der Waals surface area contributed by atoms with Crippen LogP contribution >= 0.6 is 10.0 Å². The van der Waals surface area contributed by atoms with Crippen molar-refractivity contribution < 1.29 is 4.42 Å². The smallest absolute Gasteiger partial charge is 0.135 e. The van der Waals surface area contributed by atoms with Gasteiger partial charge in [-0.2, -0.15) is 0 Å². The van der Waals surface area contributed by atoms with E-state index in [1.807, 2.05) is 6.07 Å². The Bertz CT molecular complexity index is 3790. The van der Waals surface area contributed by atoms with Crippen LogP contribution in [0.1, 0.15) is 11.1 Å². The number of rotatable bonds is 8. The third-order valence-corrected chi connectivity index (χ3v) is 17.7. The summed E-state index contributed by atoms with van der Waals surface area (Å²) in [6.45, 7) is 4.37. The van der Waals surface area contributed by atoms with E-state index in [2.05, 4.69) is 260 Å². The van der Waals surface area contributed by atoms with Gasteiger partial charge in [0.2, 0.25) is 0 Å². The van der Waals surface area contributed by atoms with E-state index in [9.17, 15) is 0 Å². The third kappa shape index (κ3) is 6.29. The summed E-state index contributed by atoms with van der Waals surface area (Å²) in [5.41, 5.74) is 13.4. The Hall–Kier alpha value is -8.31. The van der Waals surface area contributed by atoms with E-state index in [0.717, 1.165) is 56.1 Å². The molecule has 0 aliphatic carbocycles. The molecule has 0 saturated carbocycles. The van der Waals surface area contributed by atoms with Crippen LogP contribution in [0.3, 0.4) is 0 Å². The van der Waals surface area contributed by atoms with Crippen LogP contribution in [0.15, 0.2) is 267 Å². The molecule has 0 saturated heterocycles. The van der Waals surface area contributed by atoms with Crippen LogP contribution in [0.5, 0.6) is 0 Å². The van der Waals surface area contributed by atoms with E-state index in [0.29, 0.717) is 0 Å². The van der Waals surface area contributed by atoms with Crippen LogP contribution in [-0.2, 0) is 0 Å². The summed E-state index contributed by atoms with van der Waals surface area (Å²) in [6.07, 6.45) is 0. The van der Waals surface area contributed by atoms with E-state index < -0.39 is 10.0 Å². The first kappa shape index (κ1) is 40.0. The third-order valence-electron chi connectivity index (χ3n) is 13.8. The van der Waals surface area contributed by atoms with E-state index in [4.69, 9.17) is 4.42 Å². The molecule has 0 atom stereocenters. The first-order valence-electron chi connectivity index (χ1n) is 23.3. The van der Waals surface area contributed by atoms with Crippen LogP contribution < -0.4 is 9.80 Å². The zero-order valence-corrected chi connectivity index (χ0v) is 38.6. The summed E-state index contributed by atoms with van der Waals surface area (Å²) in [5, 5.41) is 7.05. The Balaban J connectivity index is 1.12. The van der Waals surface area contributed by atoms with Gasteiger partial charge in [-0.25, -0.2) is 0 Å². The number of furan rings is 1. The summed E-state index contributed by atoms with van der Waals surface area (Å²) < 4.78 is 6.43. The van der Waals surface area contributed by atoms with Crippen LogP contribution in [0, 0.1) is 13.8 Å². The predicted octanol–water partition coefficient (Wildman–Crippen LogP) is 18.8. The van der Waals surface area contributed by atoms with Crippen molar-refractivity contribution in [2.75, 3.05) is 9.80 Å². The minimum absolute atomic E-state index is 0.876. The van der Waals surface area contributed by atoms with Gasteiger partial charge in [-0.1, -0.05) is 145 Å². The zero-order chi connectivity index (χ0) is 45.3. The number of benzene rings is 11. The van der Waals surface area contributed by atoms with Gasteiger partial charge in [0, 0.05) is 64.2 Å². The summed E-state index contributed by atoms with van der Waals surface area (Å²) in [6, 6.07) is 89.7. The Morgan fingerprint density at radius 1 is 0.324 bits per heavy atom. The molecule has 2 heterocycles. The first-order valence-corrected chi connectivity index (χ1v) is 24.9. The van der Waals surface area contributed by atoms with Crippen molar-refractivity contribution in [2.24, 2.45) is 0 Å². The van der Waals surface area contributed by atoms with Crippen molar-refractivity contribution >= 4 is 87.6 Å². The average Bonchev–Trinajstić information content (AvgIpc) is 3.90. The molecule has 0 bridgehead atoms. The minimum Gasteiger partial charge on any atom is -0.456 e. The molecular weight excluding hydrogens is 845 g/mol. The standard InChI is InChI=1S/C64H46N2OS/c1-43-25-32-51(33-26-43)68(52-34-27-44(2)28-35-52)63-38-31-48(65(46-16-5-3-6-17-46)47-18-7-4-8-19-47)41-59(63)57-36-29-50(42-64(57)68)66(49-30-37-62-58(40-49)56-23-13-14-24-61(56)67-62)60-39-45-15-9-10-20-53(45)54-21-11-12-22-55(54)60/h3-42H,1-2H3. The van der Waals surface area contributed by atoms with Gasteiger partial charge in [0.25, 0.3) is 0 Å². The largest absolute Gasteiger partial charge is 0.456 e. The van der Waals surface area contributed by atoms with Crippen LogP contribution in [0.4, 0.5) is 34.1 Å². The molecule has 1 aromatic heterocycles. The molecule has 0 fully saturated rings. The molecule has 68 heavy (non-hydrogen) atoms. The number of hydrogen-bond acceptors (Lipinski definition) is 3. The van der Waals surface area contributed by atoms with Gasteiger partial charge < -0.3 is 14.2 Å². The highest BCUT2D eigenvalue weighted by atomic mass is 32.3. The van der Waals surface area contributed by atoms with Gasteiger partial charge >= 0.3 is 0 Å². The Morgan fingerprint density at radius 2 is 0.853 bits per heavy atom. The zero-order valence-electron chi connectivity index (χ0n) is 37.8. The summed E-state index contributed by atoms with van der Waals surface area (Å²) in [7, 11) is -2.05. The van der Waals surface area contributed by atoms with Gasteiger partial charge in [-0.15, -0.1) is 10.0 Å². The summed E-state index contributed by atoms with van der Waals surface area (Å²) in [4.78, 5) is 10.2. The average molecular weight is 891 g/mol. The highest BCUT2D eigenvalue weighted by Crippen LogP contribution is 2.80. The van der Waals surface area contributed by atoms with Gasteiger partial charge in [-0.05, 0) is 150 Å². The number of hydrogen-bond donors (Lipinski definition) is 0. The van der Waals surface area contributed by atoms with E-state index >= 15 is 0 Å². The van der Waals surface area contributed by atoms with Crippen LogP contribution in [0.2, 0.25) is 0 Å². The Morgan fingerprint density at radius 3 is 1.54 bits per heavy atom. The molecule has 3 nitrogen and oxygen atoms in total. The van der Waals surface area contributed by atoms with E-state index in [1.165, 1.54) is 63.4 Å². The van der Waals surface area contributed by atoms with Gasteiger partial charge in [0.05, 0.1) is 5.69 Å². The maximum atomic E-state index is 6.43. The SMILES string of the molecule is Cc1ccc(S2(c3ccc(C)cc3)c3ccc(N(c4ccccc4)c4ccccc4)cc3-c3ccc(N(c4ccc5oc6ccccc6c5c4)c4cc5ccccc5c5ccccc45)cc32)cc1. The number of anilines is 6. The highest BCUT2D eigenvalue weighted by molar-refractivity contribution is 8.34.